The van der Waals surface area contributed by atoms with E-state index in [9.17, 15) is 4.79 Å². The van der Waals surface area contributed by atoms with Crippen molar-refractivity contribution in [1.82, 2.24) is 40.3 Å². The summed E-state index contributed by atoms with van der Waals surface area (Å²) in [6.45, 7) is 6.07. The Morgan fingerprint density at radius 2 is 2.11 bits per heavy atom. The number of nitrogens with one attached hydrogen (secondary N) is 4. The number of H-pyrrole nitrogens is 1. The number of aryl methyl sites for hydroxylation is 1. The topological polar surface area (TPSA) is 125 Å². The molecule has 6 rings (SSSR count). The van der Waals surface area contributed by atoms with Gasteiger partial charge in [-0.05, 0) is 61.6 Å². The Morgan fingerprint density at radius 1 is 1.22 bits per heavy atom. The monoisotopic (exact) mass is 499 g/mol. The number of nitrogens with zero attached hydrogens (tertiary/aromatic N) is 5. The van der Waals surface area contributed by atoms with Crippen LogP contribution < -0.4 is 16.2 Å². The summed E-state index contributed by atoms with van der Waals surface area (Å²) in [4.78, 5) is 34.0. The highest BCUT2D eigenvalue weighted by atomic mass is 16.1. The van der Waals surface area contributed by atoms with E-state index in [1.54, 1.807) is 12.4 Å². The summed E-state index contributed by atoms with van der Waals surface area (Å²) < 4.78 is 2.00. The molecule has 192 valence electrons. The number of carbonyl (C=O) groups is 1. The van der Waals surface area contributed by atoms with E-state index in [1.165, 1.54) is 5.56 Å². The van der Waals surface area contributed by atoms with Crippen molar-refractivity contribution >= 4 is 22.8 Å². The fourth-order valence-corrected chi connectivity index (χ4v) is 5.79. The number of aromatic nitrogens is 6. The van der Waals surface area contributed by atoms with Gasteiger partial charge in [0.1, 0.15) is 11.3 Å². The second kappa shape index (κ2) is 9.68. The van der Waals surface area contributed by atoms with E-state index in [1.807, 2.05) is 50.1 Å². The number of carbonyl (C=O) groups excluding carboxylic acids is 1. The third kappa shape index (κ3) is 4.74. The number of hydrogen-bond donors (Lipinski definition) is 4. The molecule has 2 fully saturated rings. The van der Waals surface area contributed by atoms with Crippen LogP contribution in [-0.2, 0) is 4.79 Å². The predicted molar refractivity (Wildman–Crippen MR) is 141 cm³/mol. The summed E-state index contributed by atoms with van der Waals surface area (Å²) in [5.74, 6) is 1.97. The van der Waals surface area contributed by atoms with Crippen LogP contribution in [0.2, 0.25) is 0 Å². The van der Waals surface area contributed by atoms with Gasteiger partial charge in [-0.3, -0.25) is 15.2 Å². The summed E-state index contributed by atoms with van der Waals surface area (Å²) in [6, 6.07) is 4.48. The third-order valence-corrected chi connectivity index (χ3v) is 7.53. The van der Waals surface area contributed by atoms with Crippen molar-refractivity contribution in [1.29, 1.82) is 0 Å². The highest BCUT2D eigenvalue weighted by Gasteiger charge is 2.42. The first kappa shape index (κ1) is 23.7. The van der Waals surface area contributed by atoms with Gasteiger partial charge in [0.2, 0.25) is 5.91 Å². The fraction of sp³-hybridized carbons (Fsp3) is 0.444. The summed E-state index contributed by atoms with van der Waals surface area (Å²) in [5.41, 5.74) is 12.5. The second-order valence-corrected chi connectivity index (χ2v) is 10.8. The first-order valence-electron chi connectivity index (χ1n) is 13.1. The van der Waals surface area contributed by atoms with Gasteiger partial charge in [-0.2, -0.15) is 0 Å². The Hall–Kier alpha value is -3.63. The summed E-state index contributed by atoms with van der Waals surface area (Å²) in [7, 11) is 0. The lowest BCUT2D eigenvalue weighted by Gasteiger charge is -2.33. The van der Waals surface area contributed by atoms with Crippen LogP contribution in [0.4, 0.5) is 5.69 Å². The van der Waals surface area contributed by atoms with E-state index in [-0.39, 0.29) is 11.9 Å². The quantitative estimate of drug-likeness (QED) is 0.317. The highest BCUT2D eigenvalue weighted by Crippen LogP contribution is 2.44. The van der Waals surface area contributed by atoms with Crippen molar-refractivity contribution in [3.63, 3.8) is 0 Å². The summed E-state index contributed by atoms with van der Waals surface area (Å²) >= 11 is 0. The molecule has 0 radical (unpaired) electrons. The number of amides is 1. The molecule has 37 heavy (non-hydrogen) atoms. The molecule has 0 aromatic carbocycles. The Labute approximate surface area is 215 Å². The molecule has 4 atom stereocenters. The maximum absolute atomic E-state index is 12.3. The molecule has 10 heteroatoms. The second-order valence-electron chi connectivity index (χ2n) is 10.8. The van der Waals surface area contributed by atoms with Gasteiger partial charge in [0.15, 0.2) is 5.65 Å². The van der Waals surface area contributed by atoms with Crippen LogP contribution in [0.3, 0.4) is 0 Å². The Kier molecular flexibility index (Phi) is 6.21. The van der Waals surface area contributed by atoms with Gasteiger partial charge < -0.3 is 14.9 Å². The Morgan fingerprint density at radius 3 is 2.92 bits per heavy atom. The van der Waals surface area contributed by atoms with Crippen LogP contribution in [-0.4, -0.2) is 41.4 Å². The molecule has 4 N–H and O–H groups in total. The number of hydrogen-bond acceptors (Lipinski definition) is 7. The van der Waals surface area contributed by atoms with Gasteiger partial charge in [0.25, 0.3) is 0 Å². The lowest BCUT2D eigenvalue weighted by Crippen LogP contribution is -2.34. The Balaban J connectivity index is 1.23. The molecule has 10 nitrogen and oxygen atoms in total. The average Bonchev–Trinajstić information content (AvgIpc) is 3.60. The van der Waals surface area contributed by atoms with Gasteiger partial charge in [-0.1, -0.05) is 13.8 Å². The molecule has 1 aliphatic carbocycles. The van der Waals surface area contributed by atoms with E-state index < -0.39 is 0 Å². The van der Waals surface area contributed by atoms with Gasteiger partial charge in [-0.15, -0.1) is 0 Å². The van der Waals surface area contributed by atoms with E-state index >= 15 is 0 Å². The molecule has 0 bridgehead atoms. The van der Waals surface area contributed by atoms with E-state index in [0.29, 0.717) is 35.9 Å². The van der Waals surface area contributed by atoms with Gasteiger partial charge >= 0.3 is 0 Å². The predicted octanol–water partition coefficient (Wildman–Crippen LogP) is 3.93. The minimum atomic E-state index is 0.0330. The van der Waals surface area contributed by atoms with Crippen LogP contribution in [0.5, 0.6) is 0 Å². The number of hydrazine groups is 1. The SMILES string of the molecule is Cc1cn(-c2ccnc3nc(C4NNC5CCC(c6cncc(NC(=O)CC(C)C)c6)CC54)[nH]c23)cn1. The standard InChI is InChI=1S/C27H33N9O/c1-15(2)8-23(37)31-19-9-18(11-28-12-19)17-4-5-21-20(10-17)24(35-34-21)27-32-25-22(6-7-29-26(25)33-27)36-13-16(3)30-14-36/h6-7,9,11-15,17,20-21,24,34-35H,4-5,8,10H2,1-3H3,(H,31,37)(H,29,32,33). The van der Waals surface area contributed by atoms with Crippen LogP contribution in [0, 0.1) is 18.8 Å². The Bertz CT molecular complexity index is 1420. The molecule has 5 heterocycles. The van der Waals surface area contributed by atoms with E-state index in [4.69, 9.17) is 4.98 Å². The van der Waals surface area contributed by atoms with Crippen molar-refractivity contribution in [3.8, 4) is 5.69 Å². The summed E-state index contributed by atoms with van der Waals surface area (Å²) in [6.07, 6.45) is 12.9. The number of imidazole rings is 2. The van der Waals surface area contributed by atoms with Crippen molar-refractivity contribution in [2.45, 2.75) is 64.5 Å². The van der Waals surface area contributed by atoms with Crippen molar-refractivity contribution < 1.29 is 4.79 Å². The molecule has 4 aromatic rings. The molecule has 0 spiro atoms. The zero-order chi connectivity index (χ0) is 25.5. The molecule has 1 saturated carbocycles. The smallest absolute Gasteiger partial charge is 0.224 e. The van der Waals surface area contributed by atoms with Crippen LogP contribution in [0.25, 0.3) is 16.9 Å². The zero-order valence-corrected chi connectivity index (χ0v) is 21.4. The minimum absolute atomic E-state index is 0.0330. The van der Waals surface area contributed by atoms with E-state index in [2.05, 4.69) is 42.2 Å². The lowest BCUT2D eigenvalue weighted by molar-refractivity contribution is -0.116. The number of rotatable bonds is 6. The lowest BCUT2D eigenvalue weighted by atomic mass is 9.73. The number of pyridine rings is 2. The van der Waals surface area contributed by atoms with Gasteiger partial charge in [0.05, 0.1) is 35.6 Å². The van der Waals surface area contributed by atoms with Crippen LogP contribution in [0.15, 0.2) is 43.2 Å². The van der Waals surface area contributed by atoms with Crippen molar-refractivity contribution in [2.75, 3.05) is 5.32 Å². The molecule has 4 aromatic heterocycles. The molecule has 1 saturated heterocycles. The molecular weight excluding hydrogens is 466 g/mol. The van der Waals surface area contributed by atoms with E-state index in [0.717, 1.165) is 47.7 Å². The van der Waals surface area contributed by atoms with Crippen molar-refractivity contribution in [3.05, 3.63) is 60.3 Å². The molecular formula is C27H33N9O. The number of fused-ring (bicyclic) bond motifs is 2. The maximum Gasteiger partial charge on any atom is 0.224 e. The fourth-order valence-electron chi connectivity index (χ4n) is 5.79. The first-order chi connectivity index (χ1) is 17.9. The number of aromatic amines is 1. The molecule has 4 unspecified atom stereocenters. The average molecular weight is 500 g/mol. The van der Waals surface area contributed by atoms with Crippen molar-refractivity contribution in [2.24, 2.45) is 11.8 Å². The largest absolute Gasteiger partial charge is 0.337 e. The van der Waals surface area contributed by atoms with Crippen LogP contribution in [0.1, 0.15) is 68.6 Å². The first-order valence-corrected chi connectivity index (χ1v) is 13.1. The third-order valence-electron chi connectivity index (χ3n) is 7.53. The highest BCUT2D eigenvalue weighted by molar-refractivity contribution is 5.90. The normalized spacial score (nSPS) is 23.5. The van der Waals surface area contributed by atoms with Gasteiger partial charge in [-0.25, -0.2) is 20.4 Å². The maximum atomic E-state index is 12.3. The number of anilines is 1. The van der Waals surface area contributed by atoms with Crippen LogP contribution >= 0.6 is 0 Å². The zero-order valence-electron chi connectivity index (χ0n) is 21.4. The molecule has 2 aliphatic rings. The minimum Gasteiger partial charge on any atom is -0.337 e. The molecule has 1 amide bonds. The van der Waals surface area contributed by atoms with Gasteiger partial charge in [0, 0.05) is 31.1 Å². The molecule has 1 aliphatic heterocycles. The summed E-state index contributed by atoms with van der Waals surface area (Å²) in [5, 5.41) is 3.01.